The Kier molecular flexibility index (Phi) is 7.03. The van der Waals surface area contributed by atoms with E-state index in [1.807, 2.05) is 97.3 Å². The van der Waals surface area contributed by atoms with Gasteiger partial charge in [0.15, 0.2) is 11.6 Å². The molecule has 0 bridgehead atoms. The SMILES string of the molecule is c1ccc(-c2cnc3c(ccc4ccc(-c5cccc(-c6ncc7c(ccc8c(-c9ccccc9)nc(-c9ccccc9)nc87)n6)c5)nc43)c2)cc1. The van der Waals surface area contributed by atoms with Crippen LogP contribution in [-0.2, 0) is 0 Å². The summed E-state index contributed by atoms with van der Waals surface area (Å²) in [6.45, 7) is 0. The summed E-state index contributed by atoms with van der Waals surface area (Å²) < 4.78 is 0. The largest absolute Gasteiger partial charge is 0.253 e. The number of aromatic nitrogens is 6. The third-order valence-electron chi connectivity index (χ3n) is 9.54. The number of rotatable bonds is 5. The molecule has 242 valence electrons. The van der Waals surface area contributed by atoms with Crippen molar-refractivity contribution in [3.05, 3.63) is 170 Å². The molecule has 4 heterocycles. The smallest absolute Gasteiger partial charge is 0.160 e. The van der Waals surface area contributed by atoms with Crippen molar-refractivity contribution in [2.75, 3.05) is 0 Å². The van der Waals surface area contributed by atoms with E-state index >= 15 is 0 Å². The fraction of sp³-hybridized carbons (Fsp3) is 0. The molecule has 0 aliphatic carbocycles. The zero-order valence-electron chi connectivity index (χ0n) is 27.8. The minimum absolute atomic E-state index is 0.635. The first-order valence-corrected chi connectivity index (χ1v) is 17.2. The highest BCUT2D eigenvalue weighted by Crippen LogP contribution is 2.34. The predicted molar refractivity (Wildman–Crippen MR) is 210 cm³/mol. The Labute approximate surface area is 299 Å². The second kappa shape index (κ2) is 12.3. The second-order valence-corrected chi connectivity index (χ2v) is 12.8. The van der Waals surface area contributed by atoms with Gasteiger partial charge in [-0.3, -0.25) is 4.98 Å². The molecule has 0 saturated carbocycles. The topological polar surface area (TPSA) is 77.3 Å². The number of hydrogen-bond donors (Lipinski definition) is 0. The molecule has 6 heteroatoms. The predicted octanol–water partition coefficient (Wildman–Crippen LogP) is 11.0. The lowest BCUT2D eigenvalue weighted by atomic mass is 10.0. The fourth-order valence-corrected chi connectivity index (χ4v) is 6.92. The molecule has 10 aromatic rings. The monoisotopic (exact) mass is 664 g/mol. The van der Waals surface area contributed by atoms with Gasteiger partial charge in [-0.05, 0) is 35.9 Å². The maximum atomic E-state index is 5.14. The molecule has 0 N–H and O–H groups in total. The Morgan fingerprint density at radius 1 is 0.327 bits per heavy atom. The van der Waals surface area contributed by atoms with Crippen LogP contribution in [0, 0.1) is 0 Å². The molecule has 6 aromatic carbocycles. The number of benzene rings is 6. The molecule has 0 radical (unpaired) electrons. The van der Waals surface area contributed by atoms with Crippen LogP contribution in [-0.4, -0.2) is 29.9 Å². The van der Waals surface area contributed by atoms with E-state index in [1.54, 1.807) is 0 Å². The van der Waals surface area contributed by atoms with E-state index in [0.29, 0.717) is 11.6 Å². The van der Waals surface area contributed by atoms with Crippen molar-refractivity contribution in [2.24, 2.45) is 0 Å². The molecule has 0 aliphatic rings. The number of hydrogen-bond acceptors (Lipinski definition) is 6. The molecule has 52 heavy (non-hydrogen) atoms. The number of fused-ring (bicyclic) bond motifs is 6. The van der Waals surface area contributed by atoms with Crippen LogP contribution in [0.5, 0.6) is 0 Å². The van der Waals surface area contributed by atoms with E-state index in [-0.39, 0.29) is 0 Å². The molecule has 0 saturated heterocycles. The van der Waals surface area contributed by atoms with Crippen molar-refractivity contribution >= 4 is 43.6 Å². The maximum absolute atomic E-state index is 5.14. The van der Waals surface area contributed by atoms with Crippen molar-refractivity contribution in [1.29, 1.82) is 0 Å². The summed E-state index contributed by atoms with van der Waals surface area (Å²) in [5.41, 5.74) is 11.2. The molecular formula is C46H28N6. The van der Waals surface area contributed by atoms with Gasteiger partial charge >= 0.3 is 0 Å². The van der Waals surface area contributed by atoms with E-state index < -0.39 is 0 Å². The van der Waals surface area contributed by atoms with Crippen LogP contribution in [0.1, 0.15) is 0 Å². The minimum atomic E-state index is 0.635. The van der Waals surface area contributed by atoms with Crippen molar-refractivity contribution in [3.63, 3.8) is 0 Å². The summed E-state index contributed by atoms with van der Waals surface area (Å²) in [6.07, 6.45) is 3.82. The van der Waals surface area contributed by atoms with Crippen LogP contribution in [0.3, 0.4) is 0 Å². The van der Waals surface area contributed by atoms with E-state index in [9.17, 15) is 0 Å². The normalized spacial score (nSPS) is 11.5. The lowest BCUT2D eigenvalue weighted by molar-refractivity contribution is 1.21. The minimum Gasteiger partial charge on any atom is -0.253 e. The standard InChI is InChI=1S/C46H28N6/c1-4-11-29(12-5-1)36-26-34-20-19-31-21-23-39(49-43(31)42(34)47-27-36)33-17-10-18-35(25-33)45-48-28-38-40(50-45)24-22-37-41(30-13-6-2-7-14-30)51-46(52-44(37)38)32-15-8-3-9-16-32/h1-28H. The Balaban J connectivity index is 1.05. The third-order valence-corrected chi connectivity index (χ3v) is 9.54. The lowest BCUT2D eigenvalue weighted by Crippen LogP contribution is -1.97. The Hall–Kier alpha value is -7.18. The molecule has 4 aromatic heterocycles. The van der Waals surface area contributed by atoms with Crippen LogP contribution in [0.15, 0.2) is 170 Å². The van der Waals surface area contributed by atoms with Crippen molar-refractivity contribution in [3.8, 4) is 56.4 Å². The molecule has 10 rings (SSSR count). The third kappa shape index (κ3) is 5.22. The van der Waals surface area contributed by atoms with Crippen LogP contribution in [0.4, 0.5) is 0 Å². The van der Waals surface area contributed by atoms with Crippen molar-refractivity contribution in [1.82, 2.24) is 29.9 Å². The lowest BCUT2D eigenvalue weighted by Gasteiger charge is -2.12. The van der Waals surface area contributed by atoms with E-state index in [1.165, 1.54) is 0 Å². The zero-order chi connectivity index (χ0) is 34.4. The van der Waals surface area contributed by atoms with Crippen LogP contribution >= 0.6 is 0 Å². The van der Waals surface area contributed by atoms with Gasteiger partial charge in [0, 0.05) is 61.8 Å². The number of nitrogens with zero attached hydrogens (tertiary/aromatic N) is 6. The summed E-state index contributed by atoms with van der Waals surface area (Å²) in [4.78, 5) is 30.1. The molecule has 0 spiro atoms. The average Bonchev–Trinajstić information content (AvgIpc) is 3.23. The van der Waals surface area contributed by atoms with Gasteiger partial charge in [0.25, 0.3) is 0 Å². The molecular weight excluding hydrogens is 637 g/mol. The van der Waals surface area contributed by atoms with Gasteiger partial charge in [0.05, 0.1) is 33.5 Å². The first-order chi connectivity index (χ1) is 25.7. The highest BCUT2D eigenvalue weighted by molar-refractivity contribution is 6.09. The van der Waals surface area contributed by atoms with Gasteiger partial charge in [-0.1, -0.05) is 127 Å². The summed E-state index contributed by atoms with van der Waals surface area (Å²) in [6, 6.07) is 53.6. The van der Waals surface area contributed by atoms with Crippen molar-refractivity contribution < 1.29 is 0 Å². The second-order valence-electron chi connectivity index (χ2n) is 12.8. The highest BCUT2D eigenvalue weighted by atomic mass is 14.9. The van der Waals surface area contributed by atoms with Gasteiger partial charge in [0.2, 0.25) is 0 Å². The molecule has 0 unspecified atom stereocenters. The Morgan fingerprint density at radius 2 is 1.02 bits per heavy atom. The fourth-order valence-electron chi connectivity index (χ4n) is 6.92. The molecule has 6 nitrogen and oxygen atoms in total. The molecule has 0 fully saturated rings. The Bertz CT molecular complexity index is 2950. The van der Waals surface area contributed by atoms with Gasteiger partial charge in [-0.2, -0.15) is 0 Å². The number of pyridine rings is 2. The van der Waals surface area contributed by atoms with Crippen LogP contribution in [0.2, 0.25) is 0 Å². The summed E-state index contributed by atoms with van der Waals surface area (Å²) in [5.74, 6) is 1.30. The van der Waals surface area contributed by atoms with Gasteiger partial charge in [0.1, 0.15) is 0 Å². The summed E-state index contributed by atoms with van der Waals surface area (Å²) in [5, 5.41) is 3.94. The average molecular weight is 665 g/mol. The first kappa shape index (κ1) is 29.7. The highest BCUT2D eigenvalue weighted by Gasteiger charge is 2.16. The van der Waals surface area contributed by atoms with Crippen molar-refractivity contribution in [2.45, 2.75) is 0 Å². The van der Waals surface area contributed by atoms with Gasteiger partial charge < -0.3 is 0 Å². The van der Waals surface area contributed by atoms with Gasteiger partial charge in [-0.25, -0.2) is 24.9 Å². The first-order valence-electron chi connectivity index (χ1n) is 17.2. The zero-order valence-corrected chi connectivity index (χ0v) is 27.8. The maximum Gasteiger partial charge on any atom is 0.160 e. The molecule has 0 aliphatic heterocycles. The van der Waals surface area contributed by atoms with Crippen LogP contribution < -0.4 is 0 Å². The Morgan fingerprint density at radius 3 is 1.83 bits per heavy atom. The quantitative estimate of drug-likeness (QED) is 0.170. The van der Waals surface area contributed by atoms with E-state index in [4.69, 9.17) is 29.9 Å². The van der Waals surface area contributed by atoms with Crippen LogP contribution in [0.25, 0.3) is 100 Å². The van der Waals surface area contributed by atoms with Gasteiger partial charge in [-0.15, -0.1) is 0 Å². The molecule has 0 atom stereocenters. The summed E-state index contributed by atoms with van der Waals surface area (Å²) >= 11 is 0. The van der Waals surface area contributed by atoms with E-state index in [2.05, 4.69) is 72.8 Å². The summed E-state index contributed by atoms with van der Waals surface area (Å²) in [7, 11) is 0. The van der Waals surface area contributed by atoms with E-state index in [0.717, 1.165) is 88.4 Å². The molecule has 0 amide bonds.